The van der Waals surface area contributed by atoms with Gasteiger partial charge < -0.3 is 19.3 Å². The van der Waals surface area contributed by atoms with Gasteiger partial charge in [0.2, 0.25) is 5.91 Å². The minimum absolute atomic E-state index is 0.185. The van der Waals surface area contributed by atoms with Crippen LogP contribution in [0.3, 0.4) is 0 Å². The fourth-order valence-electron chi connectivity index (χ4n) is 6.23. The number of carbonyl (C=O) groups is 1. The summed E-state index contributed by atoms with van der Waals surface area (Å²) in [5.41, 5.74) is 3.64. The lowest BCUT2D eigenvalue weighted by Gasteiger charge is -2.43. The number of piperidine rings is 1. The molecule has 2 aromatic carbocycles. The maximum atomic E-state index is 13.9. The van der Waals surface area contributed by atoms with Gasteiger partial charge in [-0.25, -0.2) is 4.98 Å². The summed E-state index contributed by atoms with van der Waals surface area (Å²) in [6.07, 6.45) is 8.73. The number of likely N-dealkylation sites (tertiary alicyclic amines) is 1. The lowest BCUT2D eigenvalue weighted by Crippen LogP contribution is -2.50. The maximum Gasteiger partial charge on any atom is 0.229 e. The Bertz CT molecular complexity index is 1170. The number of amides is 1. The Balaban J connectivity index is 1.36. The van der Waals surface area contributed by atoms with Crippen LogP contribution in [0, 0.1) is 12.3 Å². The molecule has 1 amide bonds. The van der Waals surface area contributed by atoms with Crippen molar-refractivity contribution in [2.24, 2.45) is 5.41 Å². The van der Waals surface area contributed by atoms with Crippen LogP contribution in [0.25, 0.3) is 5.69 Å². The second-order valence-electron chi connectivity index (χ2n) is 10.1. The second kappa shape index (κ2) is 9.86. The molecule has 2 aliphatic rings. The average Bonchev–Trinajstić information content (AvgIpc) is 3.51. The molecule has 0 radical (unpaired) electrons. The van der Waals surface area contributed by atoms with Gasteiger partial charge in [-0.2, -0.15) is 0 Å². The number of aryl methyl sites for hydroxylation is 1. The van der Waals surface area contributed by atoms with Crippen LogP contribution in [0.1, 0.15) is 67.4 Å². The fraction of sp³-hybridized carbons (Fsp3) is 0.448. The number of rotatable bonds is 7. The van der Waals surface area contributed by atoms with Gasteiger partial charge in [0, 0.05) is 19.3 Å². The summed E-state index contributed by atoms with van der Waals surface area (Å²) in [5, 5.41) is 10.6. The number of nitrogens with zero attached hydrogens (tertiary/aromatic N) is 3. The van der Waals surface area contributed by atoms with Crippen molar-refractivity contribution in [2.45, 2.75) is 57.5 Å². The number of benzene rings is 2. The lowest BCUT2D eigenvalue weighted by molar-refractivity contribution is -0.147. The summed E-state index contributed by atoms with van der Waals surface area (Å²) in [5.74, 6) is 1.25. The fourth-order valence-corrected chi connectivity index (χ4v) is 6.23. The molecule has 1 aliphatic carbocycles. The van der Waals surface area contributed by atoms with Crippen LogP contribution < -0.4 is 4.74 Å². The van der Waals surface area contributed by atoms with Crippen LogP contribution in [0.5, 0.6) is 5.75 Å². The maximum absolute atomic E-state index is 13.9. The summed E-state index contributed by atoms with van der Waals surface area (Å²) < 4.78 is 7.75. The van der Waals surface area contributed by atoms with Gasteiger partial charge in [0.15, 0.2) is 0 Å². The van der Waals surface area contributed by atoms with E-state index in [0.717, 1.165) is 61.3 Å². The van der Waals surface area contributed by atoms with E-state index < -0.39 is 6.10 Å². The summed E-state index contributed by atoms with van der Waals surface area (Å²) in [4.78, 5) is 20.3. The van der Waals surface area contributed by atoms with Gasteiger partial charge in [-0.15, -0.1) is 0 Å². The summed E-state index contributed by atoms with van der Waals surface area (Å²) >= 11 is 0. The molecular formula is C29H35N3O3. The molecule has 2 heterocycles. The standard InChI is InChI=1S/C29H35N3O3/c1-21-19-32(20-30-21)25-12-11-23(18-27(25)35-2)24-10-6-14-29(24)15-7-16-31(28(29)34)17-13-26(33)22-8-4-3-5-9-22/h3-5,8-9,11-12,18-20,24,26,33H,6-7,10,13-17H2,1-2H3. The van der Waals surface area contributed by atoms with E-state index in [2.05, 4.69) is 23.2 Å². The molecule has 0 bridgehead atoms. The van der Waals surface area contributed by atoms with E-state index in [1.165, 1.54) is 5.56 Å². The molecular weight excluding hydrogens is 438 g/mol. The van der Waals surface area contributed by atoms with Crippen molar-refractivity contribution in [1.29, 1.82) is 0 Å². The number of hydrogen-bond acceptors (Lipinski definition) is 4. The van der Waals surface area contributed by atoms with Gasteiger partial charge in [-0.05, 0) is 68.2 Å². The topological polar surface area (TPSA) is 67.6 Å². The highest BCUT2D eigenvalue weighted by atomic mass is 16.5. The molecule has 3 unspecified atom stereocenters. The first-order valence-electron chi connectivity index (χ1n) is 12.7. The first-order valence-corrected chi connectivity index (χ1v) is 12.7. The van der Waals surface area contributed by atoms with Crippen LogP contribution in [0.4, 0.5) is 0 Å². The van der Waals surface area contributed by atoms with E-state index in [9.17, 15) is 9.90 Å². The largest absolute Gasteiger partial charge is 0.495 e. The predicted octanol–water partition coefficient (Wildman–Crippen LogP) is 5.19. The Hall–Kier alpha value is -3.12. The minimum Gasteiger partial charge on any atom is -0.495 e. The Morgan fingerprint density at radius 2 is 1.97 bits per heavy atom. The first-order chi connectivity index (χ1) is 17.0. The Morgan fingerprint density at radius 1 is 1.17 bits per heavy atom. The second-order valence-corrected chi connectivity index (χ2v) is 10.1. The Labute approximate surface area is 207 Å². The highest BCUT2D eigenvalue weighted by molar-refractivity contribution is 5.85. The molecule has 6 heteroatoms. The number of aliphatic hydroxyl groups is 1. The molecule has 3 atom stereocenters. The molecule has 3 aromatic rings. The van der Waals surface area contributed by atoms with Gasteiger partial charge in [0.05, 0.1) is 36.3 Å². The summed E-state index contributed by atoms with van der Waals surface area (Å²) in [6, 6.07) is 16.1. The van der Waals surface area contributed by atoms with E-state index in [0.29, 0.717) is 13.0 Å². The lowest BCUT2D eigenvalue weighted by atomic mass is 9.68. The van der Waals surface area contributed by atoms with Crippen molar-refractivity contribution < 1.29 is 14.6 Å². The van der Waals surface area contributed by atoms with Gasteiger partial charge in [-0.3, -0.25) is 4.79 Å². The third-order valence-electron chi connectivity index (χ3n) is 8.00. The Kier molecular flexibility index (Phi) is 6.65. The molecule has 35 heavy (non-hydrogen) atoms. The van der Waals surface area contributed by atoms with Crippen LogP contribution in [-0.2, 0) is 4.79 Å². The summed E-state index contributed by atoms with van der Waals surface area (Å²) in [7, 11) is 1.70. The minimum atomic E-state index is -0.551. The molecule has 1 saturated heterocycles. The molecule has 1 aliphatic heterocycles. The number of hydrogen-bond donors (Lipinski definition) is 1. The van der Waals surface area contributed by atoms with Crippen LogP contribution in [0.15, 0.2) is 61.1 Å². The first kappa shape index (κ1) is 23.6. The van der Waals surface area contributed by atoms with E-state index in [4.69, 9.17) is 4.74 Å². The van der Waals surface area contributed by atoms with Crippen molar-refractivity contribution in [1.82, 2.24) is 14.5 Å². The van der Waals surface area contributed by atoms with E-state index in [-0.39, 0.29) is 17.2 Å². The molecule has 2 fully saturated rings. The smallest absolute Gasteiger partial charge is 0.229 e. The highest BCUT2D eigenvalue weighted by Gasteiger charge is 2.52. The average molecular weight is 474 g/mol. The van der Waals surface area contributed by atoms with Crippen molar-refractivity contribution in [3.05, 3.63) is 77.9 Å². The SMILES string of the molecule is COc1cc(C2CCCC23CCCN(CCC(O)c2ccccc2)C3=O)ccc1-n1cnc(C)c1. The van der Waals surface area contributed by atoms with E-state index >= 15 is 0 Å². The molecule has 1 saturated carbocycles. The van der Waals surface area contributed by atoms with Crippen molar-refractivity contribution >= 4 is 5.91 Å². The van der Waals surface area contributed by atoms with Crippen molar-refractivity contribution in [3.63, 3.8) is 0 Å². The zero-order chi connectivity index (χ0) is 24.4. The molecule has 1 N–H and O–H groups in total. The quantitative estimate of drug-likeness (QED) is 0.513. The van der Waals surface area contributed by atoms with Gasteiger partial charge >= 0.3 is 0 Å². The van der Waals surface area contributed by atoms with Gasteiger partial charge in [0.25, 0.3) is 0 Å². The number of aliphatic hydroxyl groups excluding tert-OH is 1. The van der Waals surface area contributed by atoms with Crippen LogP contribution >= 0.6 is 0 Å². The number of ether oxygens (including phenoxy) is 1. The molecule has 5 rings (SSSR count). The molecule has 1 spiro atoms. The van der Waals surface area contributed by atoms with Crippen molar-refractivity contribution in [3.8, 4) is 11.4 Å². The van der Waals surface area contributed by atoms with E-state index in [1.54, 1.807) is 13.4 Å². The normalized spacial score (nSPS) is 23.1. The van der Waals surface area contributed by atoms with Gasteiger partial charge in [0.1, 0.15) is 5.75 Å². The number of methoxy groups -OCH3 is 1. The molecule has 6 nitrogen and oxygen atoms in total. The third-order valence-corrected chi connectivity index (χ3v) is 8.00. The monoisotopic (exact) mass is 473 g/mol. The zero-order valence-corrected chi connectivity index (χ0v) is 20.7. The third kappa shape index (κ3) is 4.47. The highest BCUT2D eigenvalue weighted by Crippen LogP contribution is 2.55. The van der Waals surface area contributed by atoms with Crippen LogP contribution in [0.2, 0.25) is 0 Å². The number of aromatic nitrogens is 2. The molecule has 1 aromatic heterocycles. The zero-order valence-electron chi connectivity index (χ0n) is 20.7. The number of carbonyl (C=O) groups excluding carboxylic acids is 1. The predicted molar refractivity (Wildman–Crippen MR) is 136 cm³/mol. The van der Waals surface area contributed by atoms with Crippen molar-refractivity contribution in [2.75, 3.05) is 20.2 Å². The van der Waals surface area contributed by atoms with E-state index in [1.807, 2.05) is 52.9 Å². The van der Waals surface area contributed by atoms with Gasteiger partial charge in [-0.1, -0.05) is 42.8 Å². The summed E-state index contributed by atoms with van der Waals surface area (Å²) in [6.45, 7) is 3.33. The molecule has 184 valence electrons. The Morgan fingerprint density at radius 3 is 2.71 bits per heavy atom. The van der Waals surface area contributed by atoms with Crippen LogP contribution in [-0.4, -0.2) is 45.7 Å². The number of imidazole rings is 1.